The van der Waals surface area contributed by atoms with Gasteiger partial charge in [-0.25, -0.2) is 0 Å². The first kappa shape index (κ1) is 15.0. The lowest BCUT2D eigenvalue weighted by atomic mass is 10.1. The largest absolute Gasteiger partial charge is 0.417 e. The highest BCUT2D eigenvalue weighted by molar-refractivity contribution is 6.75. The highest BCUT2D eigenvalue weighted by atomic mass is 28.4. The Morgan fingerprint density at radius 1 is 1.00 bits per heavy atom. The van der Waals surface area contributed by atoms with Crippen LogP contribution in [0, 0.1) is 0 Å². The molecule has 0 spiro atoms. The second-order valence-corrected chi connectivity index (χ2v) is 9.89. The predicted octanol–water partition coefficient (Wildman–Crippen LogP) is 5.29. The summed E-state index contributed by atoms with van der Waals surface area (Å²) in [7, 11) is -1.10. The van der Waals surface area contributed by atoms with E-state index in [2.05, 4.69) is 13.1 Å². The van der Waals surface area contributed by atoms with Gasteiger partial charge in [-0.15, -0.1) is 6.58 Å². The Morgan fingerprint density at radius 3 is 2.12 bits per heavy atom. The molecule has 1 aliphatic rings. The van der Waals surface area contributed by atoms with Gasteiger partial charge in [0.05, 0.1) is 0 Å². The fourth-order valence-corrected chi connectivity index (χ4v) is 4.69. The van der Waals surface area contributed by atoms with Gasteiger partial charge in [0.2, 0.25) is 0 Å². The first-order valence-corrected chi connectivity index (χ1v) is 10.3. The van der Waals surface area contributed by atoms with Crippen molar-refractivity contribution in [1.29, 1.82) is 0 Å². The predicted molar refractivity (Wildman–Crippen MR) is 78.9 cm³/mol. The van der Waals surface area contributed by atoms with Crippen molar-refractivity contribution in [3.63, 3.8) is 0 Å². The van der Waals surface area contributed by atoms with Crippen LogP contribution in [0.1, 0.15) is 57.8 Å². The van der Waals surface area contributed by atoms with Crippen LogP contribution in [-0.2, 0) is 4.43 Å². The Balaban J connectivity index is 1.74. The fourth-order valence-electron chi connectivity index (χ4n) is 2.41. The molecule has 0 aromatic rings. The van der Waals surface area contributed by atoms with Gasteiger partial charge in [0.15, 0.2) is 8.32 Å². The standard InChI is InChI=1S/C15H30OSi/c1-3-4-5-6-7-8-9-10-11-13-16-17(2)14-12-15-17/h3H,1,4-15H2,2H3. The van der Waals surface area contributed by atoms with E-state index in [1.807, 2.05) is 6.08 Å². The van der Waals surface area contributed by atoms with Crippen LogP contribution in [0.5, 0.6) is 0 Å². The Bertz CT molecular complexity index is 199. The molecule has 2 heteroatoms. The Morgan fingerprint density at radius 2 is 1.59 bits per heavy atom. The molecule has 17 heavy (non-hydrogen) atoms. The molecule has 1 saturated heterocycles. The molecule has 0 aromatic carbocycles. The Kier molecular flexibility index (Phi) is 7.87. The van der Waals surface area contributed by atoms with Gasteiger partial charge in [0.25, 0.3) is 0 Å². The van der Waals surface area contributed by atoms with Crippen LogP contribution < -0.4 is 0 Å². The molecule has 0 N–H and O–H groups in total. The van der Waals surface area contributed by atoms with Gasteiger partial charge in [-0.2, -0.15) is 0 Å². The first-order valence-electron chi connectivity index (χ1n) is 7.52. The number of allylic oxidation sites excluding steroid dienone is 1. The SMILES string of the molecule is C=CCCCCCCCCCO[Si]1(C)CCC1. The van der Waals surface area contributed by atoms with Crippen LogP contribution in [-0.4, -0.2) is 14.9 Å². The van der Waals surface area contributed by atoms with E-state index in [4.69, 9.17) is 4.43 Å². The molecule has 0 atom stereocenters. The van der Waals surface area contributed by atoms with E-state index in [1.54, 1.807) is 0 Å². The summed E-state index contributed by atoms with van der Waals surface area (Å²) in [5, 5.41) is 0. The van der Waals surface area contributed by atoms with Crippen molar-refractivity contribution in [2.75, 3.05) is 6.61 Å². The molecule has 0 amide bonds. The highest BCUT2D eigenvalue weighted by Gasteiger charge is 2.35. The van der Waals surface area contributed by atoms with Crippen LogP contribution in [0.3, 0.4) is 0 Å². The Labute approximate surface area is 109 Å². The van der Waals surface area contributed by atoms with Gasteiger partial charge in [0, 0.05) is 6.61 Å². The van der Waals surface area contributed by atoms with Crippen LogP contribution in [0.25, 0.3) is 0 Å². The molecule has 100 valence electrons. The van der Waals surface area contributed by atoms with Gasteiger partial charge in [-0.05, 0) is 37.9 Å². The topological polar surface area (TPSA) is 9.23 Å². The fraction of sp³-hybridized carbons (Fsp3) is 0.867. The molecular weight excluding hydrogens is 224 g/mol. The third-order valence-corrected chi connectivity index (χ3v) is 7.64. The summed E-state index contributed by atoms with van der Waals surface area (Å²) in [6, 6.07) is 2.83. The number of rotatable bonds is 11. The average molecular weight is 254 g/mol. The lowest BCUT2D eigenvalue weighted by Gasteiger charge is -2.35. The van der Waals surface area contributed by atoms with E-state index in [-0.39, 0.29) is 0 Å². The van der Waals surface area contributed by atoms with Crippen molar-refractivity contribution >= 4 is 8.32 Å². The van der Waals surface area contributed by atoms with E-state index in [1.165, 1.54) is 69.9 Å². The molecule has 1 fully saturated rings. The summed E-state index contributed by atoms with van der Waals surface area (Å²) < 4.78 is 6.05. The summed E-state index contributed by atoms with van der Waals surface area (Å²) in [5.74, 6) is 0. The number of hydrogen-bond acceptors (Lipinski definition) is 1. The molecule has 0 aliphatic carbocycles. The van der Waals surface area contributed by atoms with Crippen molar-refractivity contribution in [2.45, 2.75) is 76.4 Å². The van der Waals surface area contributed by atoms with Gasteiger partial charge < -0.3 is 4.43 Å². The molecule has 1 nitrogen and oxygen atoms in total. The first-order chi connectivity index (χ1) is 8.27. The molecule has 0 radical (unpaired) electrons. The summed E-state index contributed by atoms with van der Waals surface area (Å²) in [6.45, 7) is 7.19. The molecule has 1 aliphatic heterocycles. The molecule has 0 aromatic heterocycles. The Hall–Kier alpha value is -0.0831. The van der Waals surface area contributed by atoms with Crippen molar-refractivity contribution in [1.82, 2.24) is 0 Å². The van der Waals surface area contributed by atoms with E-state index < -0.39 is 8.32 Å². The van der Waals surface area contributed by atoms with E-state index in [9.17, 15) is 0 Å². The molecule has 0 bridgehead atoms. The molecule has 0 unspecified atom stereocenters. The van der Waals surface area contributed by atoms with Crippen LogP contribution in [0.15, 0.2) is 12.7 Å². The molecular formula is C15H30OSi. The summed E-state index contributed by atoms with van der Waals surface area (Å²) >= 11 is 0. The minimum atomic E-state index is -1.10. The maximum Gasteiger partial charge on any atom is 0.189 e. The zero-order valence-corrected chi connectivity index (χ0v) is 12.7. The minimum Gasteiger partial charge on any atom is -0.417 e. The van der Waals surface area contributed by atoms with Crippen molar-refractivity contribution in [3.8, 4) is 0 Å². The van der Waals surface area contributed by atoms with E-state index >= 15 is 0 Å². The second-order valence-electron chi connectivity index (χ2n) is 5.70. The van der Waals surface area contributed by atoms with Crippen molar-refractivity contribution in [2.24, 2.45) is 0 Å². The summed E-state index contributed by atoms with van der Waals surface area (Å²) in [6.07, 6.45) is 14.2. The van der Waals surface area contributed by atoms with E-state index in [0.29, 0.717) is 0 Å². The lowest BCUT2D eigenvalue weighted by molar-refractivity contribution is 0.278. The smallest absolute Gasteiger partial charge is 0.189 e. The molecule has 1 rings (SSSR count). The maximum absolute atomic E-state index is 6.05. The summed E-state index contributed by atoms with van der Waals surface area (Å²) in [4.78, 5) is 0. The number of unbranched alkanes of at least 4 members (excludes halogenated alkanes) is 7. The van der Waals surface area contributed by atoms with Crippen molar-refractivity contribution in [3.05, 3.63) is 12.7 Å². The second kappa shape index (κ2) is 8.93. The van der Waals surface area contributed by atoms with Crippen LogP contribution >= 0.6 is 0 Å². The maximum atomic E-state index is 6.05. The quantitative estimate of drug-likeness (QED) is 0.276. The lowest BCUT2D eigenvalue weighted by Crippen LogP contribution is -2.41. The zero-order chi connectivity index (χ0) is 12.4. The highest BCUT2D eigenvalue weighted by Crippen LogP contribution is 2.32. The summed E-state index contributed by atoms with van der Waals surface area (Å²) in [5.41, 5.74) is 0. The average Bonchev–Trinajstić information content (AvgIpc) is 2.29. The monoisotopic (exact) mass is 254 g/mol. The molecule has 1 heterocycles. The van der Waals surface area contributed by atoms with Crippen LogP contribution in [0.4, 0.5) is 0 Å². The normalized spacial score (nSPS) is 17.7. The molecule has 0 saturated carbocycles. The van der Waals surface area contributed by atoms with Gasteiger partial charge >= 0.3 is 0 Å². The third-order valence-electron chi connectivity index (χ3n) is 3.91. The number of hydrogen-bond donors (Lipinski definition) is 0. The van der Waals surface area contributed by atoms with Crippen LogP contribution in [0.2, 0.25) is 18.6 Å². The van der Waals surface area contributed by atoms with Gasteiger partial charge in [0.1, 0.15) is 0 Å². The zero-order valence-electron chi connectivity index (χ0n) is 11.7. The third kappa shape index (κ3) is 7.05. The minimum absolute atomic E-state index is 1.04. The van der Waals surface area contributed by atoms with E-state index in [0.717, 1.165) is 6.61 Å². The van der Waals surface area contributed by atoms with Gasteiger partial charge in [-0.1, -0.05) is 44.6 Å². The van der Waals surface area contributed by atoms with Gasteiger partial charge in [-0.3, -0.25) is 0 Å². The van der Waals surface area contributed by atoms with Crippen molar-refractivity contribution < 1.29 is 4.43 Å².